The summed E-state index contributed by atoms with van der Waals surface area (Å²) < 4.78 is 0. The second kappa shape index (κ2) is 8.54. The summed E-state index contributed by atoms with van der Waals surface area (Å²) in [6, 6.07) is 9.06. The molecule has 0 radical (unpaired) electrons. The highest BCUT2D eigenvalue weighted by atomic mass is 15.2. The average molecular weight is 319 g/mol. The van der Waals surface area contributed by atoms with Crippen LogP contribution in [0.2, 0.25) is 0 Å². The summed E-state index contributed by atoms with van der Waals surface area (Å²) in [5, 5.41) is 0. The van der Waals surface area contributed by atoms with Crippen LogP contribution in [0.4, 0.5) is 0 Å². The fourth-order valence-corrected chi connectivity index (χ4v) is 3.22. The van der Waals surface area contributed by atoms with Gasteiger partial charge in [-0.3, -0.25) is 0 Å². The fourth-order valence-electron chi connectivity index (χ4n) is 3.22. The van der Waals surface area contributed by atoms with E-state index in [1.54, 1.807) is 0 Å². The Bertz CT molecular complexity index is 701. The molecule has 1 aliphatic heterocycles. The molecule has 2 rings (SSSR count). The minimum atomic E-state index is 0.491. The highest BCUT2D eigenvalue weighted by Gasteiger charge is 2.26. The van der Waals surface area contributed by atoms with Crippen LogP contribution < -0.4 is 0 Å². The van der Waals surface area contributed by atoms with Crippen molar-refractivity contribution in [3.63, 3.8) is 0 Å². The summed E-state index contributed by atoms with van der Waals surface area (Å²) in [7, 11) is 2.14. The van der Waals surface area contributed by atoms with Crippen LogP contribution in [0.5, 0.6) is 0 Å². The van der Waals surface area contributed by atoms with E-state index >= 15 is 0 Å². The predicted molar refractivity (Wildman–Crippen MR) is 108 cm³/mol. The Labute approximate surface area is 147 Å². The molecule has 0 saturated heterocycles. The van der Waals surface area contributed by atoms with E-state index in [2.05, 4.69) is 87.1 Å². The lowest BCUT2D eigenvalue weighted by molar-refractivity contribution is 0.335. The maximum atomic E-state index is 4.00. The Morgan fingerprint density at radius 3 is 2.54 bits per heavy atom. The molecule has 24 heavy (non-hydrogen) atoms. The first kappa shape index (κ1) is 18.1. The van der Waals surface area contributed by atoms with E-state index in [0.717, 1.165) is 12.8 Å². The van der Waals surface area contributed by atoms with Gasteiger partial charge in [-0.05, 0) is 54.5 Å². The smallest absolute Gasteiger partial charge is 0.0522 e. The topological polar surface area (TPSA) is 3.24 Å². The molecule has 1 nitrogen and oxygen atoms in total. The van der Waals surface area contributed by atoms with Crippen molar-refractivity contribution in [1.29, 1.82) is 0 Å². The molecule has 1 unspecified atom stereocenters. The Kier molecular flexibility index (Phi) is 6.43. The number of nitrogens with zero attached hydrogens (tertiary/aromatic N) is 1. The van der Waals surface area contributed by atoms with Gasteiger partial charge in [0, 0.05) is 13.2 Å². The minimum absolute atomic E-state index is 0.491. The first-order valence-corrected chi connectivity index (χ1v) is 8.79. The first-order chi connectivity index (χ1) is 11.6. The summed E-state index contributed by atoms with van der Waals surface area (Å²) in [5.41, 5.74) is 6.87. The molecule has 1 aromatic carbocycles. The monoisotopic (exact) mass is 319 g/mol. The Morgan fingerprint density at radius 2 is 1.96 bits per heavy atom. The molecule has 126 valence electrons. The van der Waals surface area contributed by atoms with Crippen LogP contribution in [-0.2, 0) is 0 Å². The zero-order chi connectivity index (χ0) is 17.5. The highest BCUT2D eigenvalue weighted by molar-refractivity contribution is 5.79. The van der Waals surface area contributed by atoms with Crippen molar-refractivity contribution in [3.8, 4) is 0 Å². The van der Waals surface area contributed by atoms with Crippen LogP contribution >= 0.6 is 0 Å². The second-order valence-corrected chi connectivity index (χ2v) is 6.19. The molecule has 1 aliphatic rings. The Hall–Kier alpha value is -2.28. The summed E-state index contributed by atoms with van der Waals surface area (Å²) in [6.07, 6.45) is 14.7. The molecule has 0 bridgehead atoms. The minimum Gasteiger partial charge on any atom is -0.373 e. The maximum absolute atomic E-state index is 4.00. The van der Waals surface area contributed by atoms with Crippen LogP contribution in [0.25, 0.3) is 11.6 Å². The van der Waals surface area contributed by atoms with Gasteiger partial charge in [0.05, 0.1) is 6.04 Å². The molecule has 1 heterocycles. The van der Waals surface area contributed by atoms with E-state index in [1.807, 2.05) is 13.0 Å². The number of allylic oxidation sites excluding steroid dienone is 5. The van der Waals surface area contributed by atoms with Gasteiger partial charge in [-0.2, -0.15) is 0 Å². The van der Waals surface area contributed by atoms with Crippen LogP contribution in [0.1, 0.15) is 44.7 Å². The lowest BCUT2D eigenvalue weighted by atomic mass is 9.84. The van der Waals surface area contributed by atoms with Gasteiger partial charge in [0.15, 0.2) is 0 Å². The van der Waals surface area contributed by atoms with Crippen molar-refractivity contribution in [3.05, 3.63) is 83.6 Å². The normalized spacial score (nSPS) is 18.6. The van der Waals surface area contributed by atoms with E-state index in [1.165, 1.54) is 27.8 Å². The van der Waals surface area contributed by atoms with Gasteiger partial charge in [-0.15, -0.1) is 0 Å². The Morgan fingerprint density at radius 1 is 1.21 bits per heavy atom. The number of hydrogen-bond acceptors (Lipinski definition) is 1. The van der Waals surface area contributed by atoms with Crippen LogP contribution in [0.15, 0.2) is 72.5 Å². The number of hydrogen-bond donors (Lipinski definition) is 0. The van der Waals surface area contributed by atoms with E-state index in [0.29, 0.717) is 6.04 Å². The predicted octanol–water partition coefficient (Wildman–Crippen LogP) is 6.23. The fraction of sp³-hybridized carbons (Fsp3) is 0.304. The number of likely N-dealkylation sites (N-methyl/N-ethyl adjacent to an activating group) is 1. The second-order valence-electron chi connectivity index (χ2n) is 6.19. The average Bonchev–Trinajstić information content (AvgIpc) is 2.62. The molecule has 1 atom stereocenters. The summed E-state index contributed by atoms with van der Waals surface area (Å²) in [5.74, 6) is 0. The summed E-state index contributed by atoms with van der Waals surface area (Å²) in [4.78, 5) is 2.28. The van der Waals surface area contributed by atoms with Crippen LogP contribution in [0, 0.1) is 0 Å². The van der Waals surface area contributed by atoms with Gasteiger partial charge in [0.2, 0.25) is 0 Å². The van der Waals surface area contributed by atoms with Gasteiger partial charge in [-0.1, -0.05) is 68.1 Å². The molecule has 0 spiro atoms. The number of benzene rings is 1. The van der Waals surface area contributed by atoms with Gasteiger partial charge in [-0.25, -0.2) is 0 Å². The lowest BCUT2D eigenvalue weighted by Crippen LogP contribution is -2.36. The molecular weight excluding hydrogens is 290 g/mol. The molecule has 0 aliphatic carbocycles. The van der Waals surface area contributed by atoms with Crippen molar-refractivity contribution in [2.24, 2.45) is 0 Å². The van der Waals surface area contributed by atoms with Gasteiger partial charge in [0.25, 0.3) is 0 Å². The van der Waals surface area contributed by atoms with Crippen molar-refractivity contribution in [1.82, 2.24) is 4.90 Å². The summed E-state index contributed by atoms with van der Waals surface area (Å²) in [6.45, 7) is 10.6. The van der Waals surface area contributed by atoms with Crippen LogP contribution in [-0.4, -0.2) is 18.0 Å². The van der Waals surface area contributed by atoms with E-state index in [-0.39, 0.29) is 0 Å². The molecule has 1 heteroatoms. The van der Waals surface area contributed by atoms with Crippen molar-refractivity contribution in [2.45, 2.75) is 39.7 Å². The first-order valence-electron chi connectivity index (χ1n) is 8.79. The largest absolute Gasteiger partial charge is 0.373 e. The third-order valence-electron chi connectivity index (χ3n) is 4.74. The quantitative estimate of drug-likeness (QED) is 0.538. The molecule has 0 saturated carbocycles. The SMILES string of the molecule is C=Cc1ccccc1/C(C/C=C\C=C/C)=C(\CC)C1=CN(C)C1C. The standard InChI is InChI=1S/C23H29N/c1-6-9-10-11-16-22(21-15-13-12-14-19(21)7-2)20(8-3)23-17-24(5)18(23)4/h6-7,9-15,17-18H,2,8,16H2,1,3-5H3/b9-6-,11-10-,22-20+. The number of rotatable bonds is 7. The van der Waals surface area contributed by atoms with Gasteiger partial charge < -0.3 is 4.90 Å². The zero-order valence-corrected chi connectivity index (χ0v) is 15.4. The Balaban J connectivity index is 2.55. The molecule has 0 N–H and O–H groups in total. The van der Waals surface area contributed by atoms with Crippen molar-refractivity contribution in [2.75, 3.05) is 7.05 Å². The molecule has 0 amide bonds. The van der Waals surface area contributed by atoms with Gasteiger partial charge >= 0.3 is 0 Å². The maximum Gasteiger partial charge on any atom is 0.0522 e. The molecule has 0 fully saturated rings. The third-order valence-corrected chi connectivity index (χ3v) is 4.74. The van der Waals surface area contributed by atoms with Gasteiger partial charge in [0.1, 0.15) is 0 Å². The summed E-state index contributed by atoms with van der Waals surface area (Å²) >= 11 is 0. The molecule has 0 aromatic heterocycles. The zero-order valence-electron chi connectivity index (χ0n) is 15.4. The highest BCUT2D eigenvalue weighted by Crippen LogP contribution is 2.37. The van der Waals surface area contributed by atoms with Crippen LogP contribution in [0.3, 0.4) is 0 Å². The van der Waals surface area contributed by atoms with Crippen molar-refractivity contribution < 1.29 is 0 Å². The molecule has 1 aromatic rings. The molecular formula is C23H29N. The van der Waals surface area contributed by atoms with E-state index in [9.17, 15) is 0 Å². The third kappa shape index (κ3) is 3.79. The lowest BCUT2D eigenvalue weighted by Gasteiger charge is -2.38. The van der Waals surface area contributed by atoms with E-state index in [4.69, 9.17) is 0 Å². The van der Waals surface area contributed by atoms with Crippen molar-refractivity contribution >= 4 is 11.6 Å². The van der Waals surface area contributed by atoms with E-state index < -0.39 is 0 Å².